The fourth-order valence-corrected chi connectivity index (χ4v) is 4.74. The highest BCUT2D eigenvalue weighted by Gasteiger charge is 2.20. The van der Waals surface area contributed by atoms with Gasteiger partial charge >= 0.3 is 0 Å². The van der Waals surface area contributed by atoms with Gasteiger partial charge in [0.25, 0.3) is 0 Å². The fourth-order valence-electron chi connectivity index (χ4n) is 4.08. The van der Waals surface area contributed by atoms with E-state index in [0.717, 1.165) is 63.9 Å². The molecule has 0 spiro atoms. The van der Waals surface area contributed by atoms with Crippen LogP contribution in [0.25, 0.3) is 0 Å². The summed E-state index contributed by atoms with van der Waals surface area (Å²) in [5.74, 6) is 2.01. The monoisotopic (exact) mass is 412 g/mol. The van der Waals surface area contributed by atoms with Crippen LogP contribution in [-0.2, 0) is 19.4 Å². The first-order valence-electron chi connectivity index (χ1n) is 10.8. The summed E-state index contributed by atoms with van der Waals surface area (Å²) in [6.45, 7) is 7.99. The molecule has 4 rings (SSSR count). The maximum absolute atomic E-state index is 5.60. The van der Waals surface area contributed by atoms with Crippen LogP contribution >= 0.6 is 11.3 Å². The minimum Gasteiger partial charge on any atom is -0.493 e. The van der Waals surface area contributed by atoms with Crippen molar-refractivity contribution in [3.05, 3.63) is 51.7 Å². The second-order valence-corrected chi connectivity index (χ2v) is 8.66. The second-order valence-electron chi connectivity index (χ2n) is 7.88. The number of aliphatic imine (C=N–C) groups is 1. The van der Waals surface area contributed by atoms with Crippen LogP contribution in [0.15, 0.2) is 40.0 Å². The molecule has 1 saturated heterocycles. The van der Waals surface area contributed by atoms with Crippen LogP contribution < -0.4 is 15.4 Å². The Hall–Kier alpha value is -2.05. The van der Waals surface area contributed by atoms with Crippen LogP contribution in [0.5, 0.6) is 5.75 Å². The number of likely N-dealkylation sites (tertiary alicyclic amines) is 1. The number of piperidine rings is 1. The first-order valence-corrected chi connectivity index (χ1v) is 11.8. The summed E-state index contributed by atoms with van der Waals surface area (Å²) >= 11 is 1.78. The second kappa shape index (κ2) is 10.1. The normalized spacial score (nSPS) is 17.8. The maximum atomic E-state index is 5.60. The van der Waals surface area contributed by atoms with E-state index in [-0.39, 0.29) is 0 Å². The molecule has 2 aliphatic heterocycles. The van der Waals surface area contributed by atoms with Gasteiger partial charge in [-0.25, -0.2) is 0 Å². The van der Waals surface area contributed by atoms with Crippen LogP contribution in [0, 0.1) is 0 Å². The van der Waals surface area contributed by atoms with E-state index in [1.807, 2.05) is 0 Å². The van der Waals surface area contributed by atoms with Gasteiger partial charge in [-0.2, -0.15) is 11.3 Å². The van der Waals surface area contributed by atoms with Crippen LogP contribution in [0.2, 0.25) is 0 Å². The molecule has 0 unspecified atom stereocenters. The topological polar surface area (TPSA) is 48.9 Å². The number of hydrogen-bond acceptors (Lipinski definition) is 4. The lowest BCUT2D eigenvalue weighted by atomic mass is 10.0. The molecule has 0 bridgehead atoms. The molecule has 2 N–H and O–H groups in total. The number of guanidine groups is 1. The van der Waals surface area contributed by atoms with Gasteiger partial charge in [0, 0.05) is 45.2 Å². The van der Waals surface area contributed by atoms with Gasteiger partial charge in [0.2, 0.25) is 0 Å². The molecule has 3 heterocycles. The summed E-state index contributed by atoms with van der Waals surface area (Å²) in [5, 5.41) is 11.5. The summed E-state index contributed by atoms with van der Waals surface area (Å²) in [4.78, 5) is 7.38. The van der Waals surface area contributed by atoms with Crippen molar-refractivity contribution in [2.75, 3.05) is 32.8 Å². The molecular formula is C23H32N4OS. The van der Waals surface area contributed by atoms with Crippen molar-refractivity contribution in [2.45, 2.75) is 45.2 Å². The van der Waals surface area contributed by atoms with Gasteiger partial charge in [-0.15, -0.1) is 0 Å². The lowest BCUT2D eigenvalue weighted by Gasteiger charge is -2.33. The lowest BCUT2D eigenvalue weighted by molar-refractivity contribution is 0.198. The zero-order chi connectivity index (χ0) is 19.9. The van der Waals surface area contributed by atoms with E-state index in [1.165, 1.54) is 29.5 Å². The highest BCUT2D eigenvalue weighted by molar-refractivity contribution is 7.07. The molecule has 0 amide bonds. The van der Waals surface area contributed by atoms with Gasteiger partial charge in [0.05, 0.1) is 6.61 Å². The molecule has 29 heavy (non-hydrogen) atoms. The maximum Gasteiger partial charge on any atom is 0.191 e. The highest BCUT2D eigenvalue weighted by Crippen LogP contribution is 2.26. The summed E-state index contributed by atoms with van der Waals surface area (Å²) in [6.07, 6.45) is 4.32. The zero-order valence-corrected chi connectivity index (χ0v) is 18.1. The largest absolute Gasteiger partial charge is 0.493 e. The number of rotatable bonds is 7. The molecule has 0 saturated carbocycles. The van der Waals surface area contributed by atoms with Crippen molar-refractivity contribution in [2.24, 2.45) is 4.99 Å². The van der Waals surface area contributed by atoms with E-state index in [9.17, 15) is 0 Å². The Labute approximate surface area is 178 Å². The van der Waals surface area contributed by atoms with Gasteiger partial charge in [-0.05, 0) is 65.8 Å². The van der Waals surface area contributed by atoms with Gasteiger partial charge in [-0.1, -0.05) is 12.1 Å². The Balaban J connectivity index is 1.24. The molecule has 0 aliphatic carbocycles. The molecule has 156 valence electrons. The average Bonchev–Trinajstić information content (AvgIpc) is 3.41. The van der Waals surface area contributed by atoms with Crippen LogP contribution in [0.1, 0.15) is 36.5 Å². The minimum atomic E-state index is 0.503. The Bertz CT molecular complexity index is 797. The molecule has 0 atom stereocenters. The van der Waals surface area contributed by atoms with Crippen molar-refractivity contribution >= 4 is 17.3 Å². The Morgan fingerprint density at radius 2 is 2.14 bits per heavy atom. The van der Waals surface area contributed by atoms with Crippen molar-refractivity contribution in [1.29, 1.82) is 0 Å². The third kappa shape index (κ3) is 5.73. The van der Waals surface area contributed by atoms with Crippen LogP contribution in [0.3, 0.4) is 0 Å². The third-order valence-electron chi connectivity index (χ3n) is 5.68. The first kappa shape index (κ1) is 20.2. The number of hydrogen-bond donors (Lipinski definition) is 2. The van der Waals surface area contributed by atoms with E-state index in [4.69, 9.17) is 9.73 Å². The quantitative estimate of drug-likeness (QED) is 0.540. The molecule has 1 aromatic carbocycles. The Morgan fingerprint density at radius 1 is 1.24 bits per heavy atom. The summed E-state index contributed by atoms with van der Waals surface area (Å²) in [7, 11) is 0. The summed E-state index contributed by atoms with van der Waals surface area (Å²) in [6, 6.07) is 9.29. The molecule has 6 heteroatoms. The number of fused-ring (bicyclic) bond motifs is 1. The molecule has 2 aromatic rings. The predicted molar refractivity (Wildman–Crippen MR) is 121 cm³/mol. The van der Waals surface area contributed by atoms with E-state index >= 15 is 0 Å². The van der Waals surface area contributed by atoms with Gasteiger partial charge < -0.3 is 15.4 Å². The van der Waals surface area contributed by atoms with Crippen molar-refractivity contribution in [3.8, 4) is 5.75 Å². The van der Waals surface area contributed by atoms with E-state index in [0.29, 0.717) is 6.04 Å². The minimum absolute atomic E-state index is 0.503. The zero-order valence-electron chi connectivity index (χ0n) is 17.3. The molecule has 1 fully saturated rings. The fraction of sp³-hybridized carbons (Fsp3) is 0.522. The van der Waals surface area contributed by atoms with Crippen molar-refractivity contribution in [3.63, 3.8) is 0 Å². The molecule has 1 aromatic heterocycles. The lowest BCUT2D eigenvalue weighted by Crippen LogP contribution is -2.48. The summed E-state index contributed by atoms with van der Waals surface area (Å²) in [5.41, 5.74) is 4.12. The van der Waals surface area contributed by atoms with E-state index < -0.39 is 0 Å². The van der Waals surface area contributed by atoms with Crippen molar-refractivity contribution < 1.29 is 4.74 Å². The average molecular weight is 413 g/mol. The number of thiophene rings is 1. The highest BCUT2D eigenvalue weighted by atomic mass is 32.1. The first-order chi connectivity index (χ1) is 14.3. The Morgan fingerprint density at radius 3 is 2.93 bits per heavy atom. The number of nitrogens with zero attached hydrogens (tertiary/aromatic N) is 2. The Kier molecular flexibility index (Phi) is 7.06. The number of nitrogens with one attached hydrogen (secondary N) is 2. The van der Waals surface area contributed by atoms with Gasteiger partial charge in [-0.3, -0.25) is 9.89 Å². The van der Waals surface area contributed by atoms with E-state index in [1.54, 1.807) is 11.3 Å². The van der Waals surface area contributed by atoms with Gasteiger partial charge in [0.15, 0.2) is 5.96 Å². The third-order valence-corrected chi connectivity index (χ3v) is 6.42. The molecular weight excluding hydrogens is 380 g/mol. The van der Waals surface area contributed by atoms with E-state index in [2.05, 4.69) is 57.5 Å². The van der Waals surface area contributed by atoms with Gasteiger partial charge in [0.1, 0.15) is 5.75 Å². The van der Waals surface area contributed by atoms with Crippen LogP contribution in [-0.4, -0.2) is 49.7 Å². The predicted octanol–water partition coefficient (Wildman–Crippen LogP) is 3.45. The van der Waals surface area contributed by atoms with Crippen LogP contribution in [0.4, 0.5) is 0 Å². The molecule has 2 aliphatic rings. The SMILES string of the molecule is CCNC(=NCCc1ccc2c(c1)CCO2)NC1CCN(Cc2ccsc2)CC1. The number of benzene rings is 1. The standard InChI is InChI=1S/C23H32N4OS/c1-2-24-23(25-10-5-18-3-4-22-20(15-18)8-13-28-22)26-21-6-11-27(12-7-21)16-19-9-14-29-17-19/h3-4,9,14-15,17,21H,2,5-8,10-13,16H2,1H3,(H2,24,25,26). The summed E-state index contributed by atoms with van der Waals surface area (Å²) < 4.78 is 5.60. The van der Waals surface area contributed by atoms with Crippen molar-refractivity contribution in [1.82, 2.24) is 15.5 Å². The number of ether oxygens (including phenoxy) is 1. The molecule has 0 radical (unpaired) electrons. The molecule has 5 nitrogen and oxygen atoms in total. The smallest absolute Gasteiger partial charge is 0.191 e.